The Hall–Kier alpha value is 0.0300. The molecule has 0 aromatic carbocycles. The number of rotatable bonds is 3. The zero-order chi connectivity index (χ0) is 10.9. The van der Waals surface area contributed by atoms with E-state index in [-0.39, 0.29) is 18.6 Å². The highest BCUT2D eigenvalue weighted by atomic mass is 31.2. The quantitative estimate of drug-likeness (QED) is 0.580. The van der Waals surface area contributed by atoms with Crippen LogP contribution in [-0.2, 0) is 13.8 Å². The molecule has 84 valence electrons. The molecular weight excluding hydrogens is 211 g/mol. The highest BCUT2D eigenvalue weighted by molar-refractivity contribution is 7.46. The molecule has 1 heterocycles. The molecule has 14 heavy (non-hydrogen) atoms. The summed E-state index contributed by atoms with van der Waals surface area (Å²) >= 11 is 0. The first-order chi connectivity index (χ1) is 6.31. The van der Waals surface area contributed by atoms with E-state index in [1.807, 2.05) is 6.92 Å². The van der Waals surface area contributed by atoms with Gasteiger partial charge in [-0.1, -0.05) is 6.92 Å². The molecule has 3 N–H and O–H groups in total. The van der Waals surface area contributed by atoms with Crippen molar-refractivity contribution in [2.45, 2.75) is 32.2 Å². The number of aliphatic hydroxyl groups is 1. The van der Waals surface area contributed by atoms with Crippen LogP contribution in [-0.4, -0.2) is 39.8 Å². The largest absolute Gasteiger partial charge is 0.469 e. The molecule has 4 atom stereocenters. The Morgan fingerprint density at radius 1 is 1.43 bits per heavy atom. The van der Waals surface area contributed by atoms with Gasteiger partial charge in [-0.25, -0.2) is 4.57 Å². The third-order valence-corrected chi connectivity index (χ3v) is 2.94. The van der Waals surface area contributed by atoms with Crippen molar-refractivity contribution in [2.75, 3.05) is 6.61 Å². The van der Waals surface area contributed by atoms with E-state index in [2.05, 4.69) is 4.52 Å². The molecule has 0 aromatic rings. The second-order valence-electron chi connectivity index (χ2n) is 3.52. The predicted molar refractivity (Wildman–Crippen MR) is 47.5 cm³/mol. The molecule has 6 nitrogen and oxygen atoms in total. The van der Waals surface area contributed by atoms with Gasteiger partial charge >= 0.3 is 7.82 Å². The van der Waals surface area contributed by atoms with Crippen molar-refractivity contribution in [3.05, 3.63) is 0 Å². The zero-order valence-electron chi connectivity index (χ0n) is 8.03. The summed E-state index contributed by atoms with van der Waals surface area (Å²) < 4.78 is 19.9. The smallest absolute Gasteiger partial charge is 0.390 e. The summed E-state index contributed by atoms with van der Waals surface area (Å²) in [5.74, 6) is -0.0552. The molecule has 1 aliphatic rings. The van der Waals surface area contributed by atoms with Crippen molar-refractivity contribution in [1.82, 2.24) is 0 Å². The van der Waals surface area contributed by atoms with Gasteiger partial charge in [-0.15, -0.1) is 0 Å². The summed E-state index contributed by atoms with van der Waals surface area (Å²) in [6.45, 7) is 3.32. The fourth-order valence-corrected chi connectivity index (χ4v) is 1.75. The lowest BCUT2D eigenvalue weighted by Gasteiger charge is -2.15. The SMILES string of the molecule is CC1OC(COP(=O)(O)O)C(O)C1C. The van der Waals surface area contributed by atoms with Crippen molar-refractivity contribution in [3.8, 4) is 0 Å². The molecule has 0 amide bonds. The Labute approximate surface area is 82.1 Å². The van der Waals surface area contributed by atoms with Gasteiger partial charge < -0.3 is 19.6 Å². The van der Waals surface area contributed by atoms with Crippen molar-refractivity contribution in [2.24, 2.45) is 5.92 Å². The van der Waals surface area contributed by atoms with Gasteiger partial charge in [0.15, 0.2) is 0 Å². The molecule has 1 saturated heterocycles. The summed E-state index contributed by atoms with van der Waals surface area (Å²) in [4.78, 5) is 16.9. The molecule has 0 saturated carbocycles. The van der Waals surface area contributed by atoms with Crippen LogP contribution in [0.3, 0.4) is 0 Å². The van der Waals surface area contributed by atoms with Gasteiger partial charge in [-0.2, -0.15) is 0 Å². The normalized spacial score (nSPS) is 38.9. The lowest BCUT2D eigenvalue weighted by atomic mass is 10.00. The molecule has 1 fully saturated rings. The number of ether oxygens (including phenoxy) is 1. The Balaban J connectivity index is 2.44. The molecule has 0 aliphatic carbocycles. The summed E-state index contributed by atoms with van der Waals surface area (Å²) in [7, 11) is -4.48. The highest BCUT2D eigenvalue weighted by Gasteiger charge is 2.39. The van der Waals surface area contributed by atoms with Crippen molar-refractivity contribution in [1.29, 1.82) is 0 Å². The van der Waals surface area contributed by atoms with E-state index in [9.17, 15) is 9.67 Å². The van der Waals surface area contributed by atoms with Crippen molar-refractivity contribution in [3.63, 3.8) is 0 Å². The minimum Gasteiger partial charge on any atom is -0.390 e. The van der Waals surface area contributed by atoms with Crippen LogP contribution in [0.5, 0.6) is 0 Å². The van der Waals surface area contributed by atoms with Crippen molar-refractivity contribution < 1.29 is 28.7 Å². The first kappa shape index (κ1) is 12.1. The van der Waals surface area contributed by atoms with E-state index in [0.29, 0.717) is 0 Å². The number of hydrogen-bond donors (Lipinski definition) is 3. The summed E-state index contributed by atoms with van der Waals surface area (Å²) in [5.41, 5.74) is 0. The maximum atomic E-state index is 10.4. The monoisotopic (exact) mass is 226 g/mol. The minimum absolute atomic E-state index is 0.0552. The minimum atomic E-state index is -4.48. The molecule has 0 aromatic heterocycles. The van der Waals surface area contributed by atoms with E-state index in [1.165, 1.54) is 0 Å². The van der Waals surface area contributed by atoms with Gasteiger partial charge in [0.2, 0.25) is 0 Å². The average Bonchev–Trinajstić information content (AvgIpc) is 2.28. The predicted octanol–water partition coefficient (Wildman–Crippen LogP) is -0.120. The van der Waals surface area contributed by atoms with Crippen LogP contribution in [0, 0.1) is 5.92 Å². The van der Waals surface area contributed by atoms with E-state index < -0.39 is 20.0 Å². The lowest BCUT2D eigenvalue weighted by Crippen LogP contribution is -2.29. The number of aliphatic hydroxyl groups excluding tert-OH is 1. The van der Waals surface area contributed by atoms with Gasteiger partial charge in [0.05, 0.1) is 18.8 Å². The van der Waals surface area contributed by atoms with Gasteiger partial charge in [0, 0.05) is 5.92 Å². The van der Waals surface area contributed by atoms with Gasteiger partial charge in [-0.3, -0.25) is 4.52 Å². The Morgan fingerprint density at radius 3 is 2.36 bits per heavy atom. The average molecular weight is 226 g/mol. The Morgan fingerprint density at radius 2 is 2.00 bits per heavy atom. The summed E-state index contributed by atoms with van der Waals surface area (Å²) in [6.07, 6.45) is -1.53. The molecule has 1 aliphatic heterocycles. The molecule has 0 radical (unpaired) electrons. The number of hydrogen-bond acceptors (Lipinski definition) is 4. The van der Waals surface area contributed by atoms with Crippen molar-refractivity contribution >= 4 is 7.82 Å². The third kappa shape index (κ3) is 3.02. The second-order valence-corrected chi connectivity index (χ2v) is 4.76. The van der Waals surface area contributed by atoms with Crippen LogP contribution in [0.4, 0.5) is 0 Å². The summed E-state index contributed by atoms with van der Waals surface area (Å²) in [6, 6.07) is 0. The molecule has 0 bridgehead atoms. The van der Waals surface area contributed by atoms with E-state index in [0.717, 1.165) is 0 Å². The molecule has 4 unspecified atom stereocenters. The van der Waals surface area contributed by atoms with Crippen LogP contribution in [0.1, 0.15) is 13.8 Å². The van der Waals surface area contributed by atoms with Crippen LogP contribution in [0.2, 0.25) is 0 Å². The molecule has 0 spiro atoms. The first-order valence-corrected chi connectivity index (χ1v) is 5.88. The molecular formula is C7H15O6P. The highest BCUT2D eigenvalue weighted by Crippen LogP contribution is 2.37. The van der Waals surface area contributed by atoms with Crippen LogP contribution < -0.4 is 0 Å². The number of phosphoric acid groups is 1. The zero-order valence-corrected chi connectivity index (χ0v) is 8.92. The number of phosphoric ester groups is 1. The Kier molecular flexibility index (Phi) is 3.69. The van der Waals surface area contributed by atoms with Gasteiger partial charge in [-0.05, 0) is 6.92 Å². The van der Waals surface area contributed by atoms with E-state index >= 15 is 0 Å². The second kappa shape index (κ2) is 4.26. The maximum absolute atomic E-state index is 10.4. The first-order valence-electron chi connectivity index (χ1n) is 4.35. The van der Waals surface area contributed by atoms with Crippen LogP contribution >= 0.6 is 7.82 Å². The topological polar surface area (TPSA) is 96.2 Å². The van der Waals surface area contributed by atoms with Crippen LogP contribution in [0.15, 0.2) is 0 Å². The van der Waals surface area contributed by atoms with Gasteiger partial charge in [0.25, 0.3) is 0 Å². The Bertz CT molecular complexity index is 238. The fraction of sp³-hybridized carbons (Fsp3) is 1.00. The maximum Gasteiger partial charge on any atom is 0.469 e. The molecule has 7 heteroatoms. The fourth-order valence-electron chi connectivity index (χ4n) is 1.40. The van der Waals surface area contributed by atoms with Crippen LogP contribution in [0.25, 0.3) is 0 Å². The van der Waals surface area contributed by atoms with E-state index in [1.54, 1.807) is 6.92 Å². The van der Waals surface area contributed by atoms with Gasteiger partial charge in [0.1, 0.15) is 6.10 Å². The van der Waals surface area contributed by atoms with E-state index in [4.69, 9.17) is 14.5 Å². The summed E-state index contributed by atoms with van der Waals surface area (Å²) in [5, 5.41) is 9.57. The third-order valence-electron chi connectivity index (χ3n) is 2.46. The molecule has 1 rings (SSSR count). The lowest BCUT2D eigenvalue weighted by molar-refractivity contribution is -0.0168. The standard InChI is InChI=1S/C7H15O6P/c1-4-5(2)13-6(7(4)8)3-12-14(9,10)11/h4-8H,3H2,1-2H3,(H2,9,10,11).